The van der Waals surface area contributed by atoms with Crippen LogP contribution in [0.25, 0.3) is 0 Å². The molecule has 1 N–H and O–H groups in total. The van der Waals surface area contributed by atoms with Crippen LogP contribution in [-0.4, -0.2) is 52.6 Å². The lowest BCUT2D eigenvalue weighted by Gasteiger charge is -2.40. The maximum atomic E-state index is 13.3. The van der Waals surface area contributed by atoms with Crippen molar-refractivity contribution in [3.05, 3.63) is 35.4 Å². The minimum atomic E-state index is -1.36. The number of carbonyl (C=O) groups excluding carboxylic acids is 1. The molecule has 3 rings (SSSR count). The number of rotatable bonds is 4. The average molecular weight is 324 g/mol. The molecule has 0 aliphatic carbocycles. The molecule has 1 unspecified atom stereocenters. The fourth-order valence-corrected chi connectivity index (χ4v) is 3.53. The Morgan fingerprint density at radius 3 is 2.52 bits per heavy atom. The van der Waals surface area contributed by atoms with E-state index >= 15 is 0 Å². The molecule has 0 bridgehead atoms. The molecule has 1 aromatic rings. The number of amides is 1. The summed E-state index contributed by atoms with van der Waals surface area (Å²) in [4.78, 5) is 16.3. The molecular formula is C17H22F2N2O2. The number of likely N-dealkylation sites (tertiary alicyclic amines) is 2. The van der Waals surface area contributed by atoms with Crippen molar-refractivity contribution in [2.45, 2.75) is 37.8 Å². The standard InChI is InChI=1S/C17H22F2N2O2/c18-14-5-4-13(10-15(14)19)11-21-9-3-6-17(23,16(21)22)12-20-7-1-2-8-20/h4-5,10,23H,1-3,6-9,11-12H2. The minimum absolute atomic E-state index is 0.193. The van der Waals surface area contributed by atoms with Gasteiger partial charge in [0, 0.05) is 19.6 Å². The number of halogens is 2. The first-order valence-electron chi connectivity index (χ1n) is 8.16. The van der Waals surface area contributed by atoms with Crippen LogP contribution >= 0.6 is 0 Å². The quantitative estimate of drug-likeness (QED) is 0.920. The molecule has 1 aromatic carbocycles. The Labute approximate surface area is 134 Å². The second kappa shape index (κ2) is 6.53. The molecule has 0 radical (unpaired) electrons. The van der Waals surface area contributed by atoms with Crippen molar-refractivity contribution in [1.82, 2.24) is 9.80 Å². The molecule has 2 fully saturated rings. The molecule has 2 heterocycles. The number of aliphatic hydroxyl groups is 1. The third-order valence-electron chi connectivity index (χ3n) is 4.75. The number of piperidine rings is 1. The second-order valence-electron chi connectivity index (χ2n) is 6.59. The largest absolute Gasteiger partial charge is 0.379 e. The van der Waals surface area contributed by atoms with E-state index < -0.39 is 17.2 Å². The Bertz CT molecular complexity index is 590. The predicted molar refractivity (Wildman–Crippen MR) is 81.6 cm³/mol. The lowest BCUT2D eigenvalue weighted by molar-refractivity contribution is -0.159. The number of hydrogen-bond acceptors (Lipinski definition) is 3. The fraction of sp³-hybridized carbons (Fsp3) is 0.588. The Balaban J connectivity index is 1.69. The summed E-state index contributed by atoms with van der Waals surface area (Å²) in [6.45, 7) is 2.91. The van der Waals surface area contributed by atoms with Crippen LogP contribution in [0.5, 0.6) is 0 Å². The first kappa shape index (κ1) is 16.3. The molecule has 0 aromatic heterocycles. The lowest BCUT2D eigenvalue weighted by atomic mass is 9.91. The van der Waals surface area contributed by atoms with Crippen LogP contribution in [0.1, 0.15) is 31.2 Å². The van der Waals surface area contributed by atoms with Crippen LogP contribution in [0.3, 0.4) is 0 Å². The first-order valence-corrected chi connectivity index (χ1v) is 8.16. The van der Waals surface area contributed by atoms with Crippen molar-refractivity contribution in [3.63, 3.8) is 0 Å². The zero-order valence-corrected chi connectivity index (χ0v) is 13.1. The third-order valence-corrected chi connectivity index (χ3v) is 4.75. The summed E-state index contributed by atoms with van der Waals surface area (Å²) in [7, 11) is 0. The minimum Gasteiger partial charge on any atom is -0.379 e. The van der Waals surface area contributed by atoms with Crippen LogP contribution < -0.4 is 0 Å². The average Bonchev–Trinajstić information content (AvgIpc) is 3.00. The van der Waals surface area contributed by atoms with E-state index in [2.05, 4.69) is 4.90 Å². The highest BCUT2D eigenvalue weighted by Gasteiger charge is 2.43. The van der Waals surface area contributed by atoms with Gasteiger partial charge in [-0.15, -0.1) is 0 Å². The number of nitrogens with zero attached hydrogens (tertiary/aromatic N) is 2. The zero-order valence-electron chi connectivity index (χ0n) is 13.1. The van der Waals surface area contributed by atoms with Crippen LogP contribution in [0.15, 0.2) is 18.2 Å². The number of carbonyl (C=O) groups is 1. The van der Waals surface area contributed by atoms with Gasteiger partial charge >= 0.3 is 0 Å². The summed E-state index contributed by atoms with van der Waals surface area (Å²) in [5, 5.41) is 10.8. The van der Waals surface area contributed by atoms with Crippen molar-refractivity contribution in [2.24, 2.45) is 0 Å². The predicted octanol–water partition coefficient (Wildman–Crippen LogP) is 1.91. The number of β-amino-alcohol motifs (C(OH)–C–C–N with tert-alkyl or cyclic N) is 1. The summed E-state index contributed by atoms with van der Waals surface area (Å²) in [5.41, 5.74) is -0.830. The molecule has 2 aliphatic heterocycles. The molecular weight excluding hydrogens is 302 g/mol. The summed E-state index contributed by atoms with van der Waals surface area (Å²) in [6, 6.07) is 3.64. The summed E-state index contributed by atoms with van der Waals surface area (Å²) in [5.74, 6) is -2.12. The maximum absolute atomic E-state index is 13.3. The van der Waals surface area contributed by atoms with E-state index in [9.17, 15) is 18.7 Å². The van der Waals surface area contributed by atoms with Crippen molar-refractivity contribution < 1.29 is 18.7 Å². The van der Waals surface area contributed by atoms with Gasteiger partial charge in [0.2, 0.25) is 0 Å². The van der Waals surface area contributed by atoms with Gasteiger partial charge in [-0.2, -0.15) is 0 Å². The van der Waals surface area contributed by atoms with E-state index in [1.165, 1.54) is 6.07 Å². The van der Waals surface area contributed by atoms with Crippen LogP contribution in [0.4, 0.5) is 8.78 Å². The summed E-state index contributed by atoms with van der Waals surface area (Å²) < 4.78 is 26.3. The highest BCUT2D eigenvalue weighted by molar-refractivity contribution is 5.86. The van der Waals surface area contributed by atoms with Gasteiger partial charge in [0.25, 0.3) is 5.91 Å². The third kappa shape index (κ3) is 3.53. The van der Waals surface area contributed by atoms with Crippen molar-refractivity contribution in [3.8, 4) is 0 Å². The lowest BCUT2D eigenvalue weighted by Crippen LogP contribution is -2.58. The van der Waals surface area contributed by atoms with E-state index in [0.717, 1.165) is 38.1 Å². The Morgan fingerprint density at radius 2 is 1.83 bits per heavy atom. The SMILES string of the molecule is O=C1N(Cc2ccc(F)c(F)c2)CCCC1(O)CN1CCCC1. The summed E-state index contributed by atoms with van der Waals surface area (Å²) in [6.07, 6.45) is 3.36. The molecule has 126 valence electrons. The van der Waals surface area contributed by atoms with E-state index in [1.54, 1.807) is 4.90 Å². The molecule has 1 amide bonds. The normalized spacial score (nSPS) is 26.0. The van der Waals surface area contributed by atoms with Crippen LogP contribution in [0.2, 0.25) is 0 Å². The van der Waals surface area contributed by atoms with Gasteiger partial charge in [-0.05, 0) is 56.5 Å². The van der Waals surface area contributed by atoms with E-state index in [-0.39, 0.29) is 12.5 Å². The van der Waals surface area contributed by atoms with Crippen molar-refractivity contribution >= 4 is 5.91 Å². The van der Waals surface area contributed by atoms with Gasteiger partial charge in [0.15, 0.2) is 17.2 Å². The Hall–Kier alpha value is -1.53. The first-order chi connectivity index (χ1) is 11.0. The molecule has 2 aliphatic rings. The molecule has 6 heteroatoms. The monoisotopic (exact) mass is 324 g/mol. The molecule has 2 saturated heterocycles. The van der Waals surface area contributed by atoms with Gasteiger partial charge in [0.05, 0.1) is 0 Å². The van der Waals surface area contributed by atoms with Gasteiger partial charge < -0.3 is 10.0 Å². The van der Waals surface area contributed by atoms with E-state index in [1.807, 2.05) is 0 Å². The molecule has 0 spiro atoms. The highest BCUT2D eigenvalue weighted by atomic mass is 19.2. The second-order valence-corrected chi connectivity index (χ2v) is 6.59. The van der Waals surface area contributed by atoms with Gasteiger partial charge in [-0.3, -0.25) is 9.69 Å². The van der Waals surface area contributed by atoms with Gasteiger partial charge in [-0.1, -0.05) is 6.07 Å². The number of benzene rings is 1. The molecule has 1 atom stereocenters. The smallest absolute Gasteiger partial charge is 0.256 e. The van der Waals surface area contributed by atoms with Crippen molar-refractivity contribution in [1.29, 1.82) is 0 Å². The van der Waals surface area contributed by atoms with Crippen molar-refractivity contribution in [2.75, 3.05) is 26.2 Å². The summed E-state index contributed by atoms with van der Waals surface area (Å²) >= 11 is 0. The Morgan fingerprint density at radius 1 is 1.09 bits per heavy atom. The molecule has 4 nitrogen and oxygen atoms in total. The topological polar surface area (TPSA) is 43.8 Å². The molecule has 23 heavy (non-hydrogen) atoms. The fourth-order valence-electron chi connectivity index (χ4n) is 3.53. The Kier molecular flexibility index (Phi) is 4.64. The number of hydrogen-bond donors (Lipinski definition) is 1. The highest BCUT2D eigenvalue weighted by Crippen LogP contribution is 2.26. The zero-order chi connectivity index (χ0) is 16.4. The van der Waals surface area contributed by atoms with Crippen LogP contribution in [0, 0.1) is 11.6 Å². The van der Waals surface area contributed by atoms with Crippen LogP contribution in [-0.2, 0) is 11.3 Å². The van der Waals surface area contributed by atoms with Gasteiger partial charge in [-0.25, -0.2) is 8.78 Å². The van der Waals surface area contributed by atoms with E-state index in [0.29, 0.717) is 31.5 Å². The van der Waals surface area contributed by atoms with E-state index in [4.69, 9.17) is 0 Å². The molecule has 0 saturated carbocycles. The van der Waals surface area contributed by atoms with Gasteiger partial charge in [0.1, 0.15) is 0 Å². The maximum Gasteiger partial charge on any atom is 0.256 e.